The molecule has 62 heavy (non-hydrogen) atoms. The molecule has 2 atom stereocenters. The normalized spacial score (nSPS) is 15.4. The van der Waals surface area contributed by atoms with Gasteiger partial charge in [0, 0.05) is 24.0 Å². The Morgan fingerprint density at radius 2 is 0.887 bits per heavy atom. The average Bonchev–Trinajstić information content (AvgIpc) is 3.24. The van der Waals surface area contributed by atoms with Crippen molar-refractivity contribution < 1.29 is 76.3 Å². The maximum atomic E-state index is 12.9. The molecule has 0 N–H and O–H groups in total. The highest BCUT2D eigenvalue weighted by molar-refractivity contribution is 5.87. The maximum absolute atomic E-state index is 12.9. The Bertz CT molecular complexity index is 1890. The van der Waals surface area contributed by atoms with Crippen molar-refractivity contribution in [3.63, 3.8) is 0 Å². The van der Waals surface area contributed by atoms with E-state index in [9.17, 15) is 38.4 Å². The molecule has 1 saturated carbocycles. The fraction of sp³-hybridized carbons (Fsp3) is 0.478. The lowest BCUT2D eigenvalue weighted by atomic mass is 9.82. The van der Waals surface area contributed by atoms with Crippen molar-refractivity contribution in [3.05, 3.63) is 84.0 Å². The van der Waals surface area contributed by atoms with E-state index >= 15 is 0 Å². The van der Waals surface area contributed by atoms with E-state index in [-0.39, 0.29) is 87.0 Å². The lowest BCUT2D eigenvalue weighted by Gasteiger charge is -2.25. The van der Waals surface area contributed by atoms with Gasteiger partial charge in [-0.25, -0.2) is 9.59 Å². The first-order valence-electron chi connectivity index (χ1n) is 20.5. The van der Waals surface area contributed by atoms with Crippen LogP contribution in [-0.4, -0.2) is 86.4 Å². The largest absolute Gasteiger partial charge is 0.465 e. The van der Waals surface area contributed by atoms with Gasteiger partial charge in [0.1, 0.15) is 36.9 Å². The van der Waals surface area contributed by atoms with Gasteiger partial charge >= 0.3 is 47.8 Å². The molecular formula is C46H56O16. The van der Waals surface area contributed by atoms with Gasteiger partial charge in [-0.1, -0.05) is 37.4 Å². The van der Waals surface area contributed by atoms with E-state index in [1.165, 1.54) is 13.8 Å². The van der Waals surface area contributed by atoms with Crippen LogP contribution in [0, 0.1) is 11.8 Å². The van der Waals surface area contributed by atoms with Crippen LogP contribution in [-0.2, 0) is 79.6 Å². The Hall–Kier alpha value is -6.32. The second kappa shape index (κ2) is 26.1. The fourth-order valence-corrected chi connectivity index (χ4v) is 5.76. The van der Waals surface area contributed by atoms with Crippen molar-refractivity contribution in [2.24, 2.45) is 11.8 Å². The summed E-state index contributed by atoms with van der Waals surface area (Å²) in [6, 6.07) is 13.6. The molecule has 2 aromatic carbocycles. The van der Waals surface area contributed by atoms with Gasteiger partial charge in [0.05, 0.1) is 50.7 Å². The molecule has 0 heterocycles. The van der Waals surface area contributed by atoms with E-state index < -0.39 is 48.0 Å². The third kappa shape index (κ3) is 19.4. The standard InChI is InChI=1S/C46H56O16/c1-29(2)43(51)58-28-31(5)59-42(50)22-21-40(48)56-26-24-34-9-17-38(18-10-34)62-46(54)36-13-11-35(12-14-36)45(53)61-37-15-7-33(8-16-37)23-25-55-39(47)19-20-41(49)57-27-32(6)60-44(52)30(3)4/h7-10,15-18,31-32,35-36H,1,3,11-14,19-28H2,2,4-6H3. The van der Waals surface area contributed by atoms with Crippen molar-refractivity contribution in [1.29, 1.82) is 0 Å². The molecule has 0 aliphatic heterocycles. The second-order valence-corrected chi connectivity index (χ2v) is 15.0. The highest BCUT2D eigenvalue weighted by Crippen LogP contribution is 2.31. The number of esters is 8. The van der Waals surface area contributed by atoms with Gasteiger partial charge in [-0.3, -0.25) is 28.8 Å². The number of hydrogen-bond donors (Lipinski definition) is 0. The van der Waals surface area contributed by atoms with Gasteiger partial charge in [0.25, 0.3) is 0 Å². The van der Waals surface area contributed by atoms with Crippen LogP contribution < -0.4 is 9.47 Å². The quantitative estimate of drug-likeness (QED) is 0.0525. The number of benzene rings is 2. The smallest absolute Gasteiger partial charge is 0.333 e. The monoisotopic (exact) mass is 864 g/mol. The predicted octanol–water partition coefficient (Wildman–Crippen LogP) is 5.84. The fourth-order valence-electron chi connectivity index (χ4n) is 5.76. The summed E-state index contributed by atoms with van der Waals surface area (Å²) in [5, 5.41) is 0. The van der Waals surface area contributed by atoms with Gasteiger partial charge in [-0.05, 0) is 88.8 Å². The first kappa shape index (κ1) is 50.0. The second-order valence-electron chi connectivity index (χ2n) is 15.0. The number of carbonyl (C=O) groups is 8. The van der Waals surface area contributed by atoms with Gasteiger partial charge in [-0.2, -0.15) is 0 Å². The number of hydrogen-bond acceptors (Lipinski definition) is 16. The van der Waals surface area contributed by atoms with E-state index in [2.05, 4.69) is 13.2 Å². The summed E-state index contributed by atoms with van der Waals surface area (Å²) >= 11 is 0. The minimum absolute atomic E-state index is 0.0848. The van der Waals surface area contributed by atoms with Gasteiger partial charge in [0.2, 0.25) is 0 Å². The molecule has 0 bridgehead atoms. The summed E-state index contributed by atoms with van der Waals surface area (Å²) < 4.78 is 41.7. The molecule has 2 unspecified atom stereocenters. The molecule has 1 aliphatic rings. The zero-order valence-corrected chi connectivity index (χ0v) is 35.8. The van der Waals surface area contributed by atoms with Crippen molar-refractivity contribution in [1.82, 2.24) is 0 Å². The Labute approximate surface area is 361 Å². The van der Waals surface area contributed by atoms with Gasteiger partial charge in [-0.15, -0.1) is 0 Å². The number of rotatable bonds is 24. The summed E-state index contributed by atoms with van der Waals surface area (Å²) in [6.45, 7) is 13.0. The molecule has 0 saturated heterocycles. The van der Waals surface area contributed by atoms with Gasteiger partial charge in [0.15, 0.2) is 0 Å². The predicted molar refractivity (Wildman–Crippen MR) is 220 cm³/mol. The van der Waals surface area contributed by atoms with Crippen molar-refractivity contribution in [2.45, 2.75) is 104 Å². The summed E-state index contributed by atoms with van der Waals surface area (Å²) in [5.74, 6) is -4.30. The third-order valence-electron chi connectivity index (χ3n) is 9.32. The molecular weight excluding hydrogens is 808 g/mol. The molecule has 2 aromatic rings. The highest BCUT2D eigenvalue weighted by Gasteiger charge is 2.32. The number of ether oxygens (including phenoxy) is 8. The summed E-state index contributed by atoms with van der Waals surface area (Å²) in [4.78, 5) is 96.8. The zero-order chi connectivity index (χ0) is 45.6. The summed E-state index contributed by atoms with van der Waals surface area (Å²) in [7, 11) is 0. The molecule has 1 aliphatic carbocycles. The van der Waals surface area contributed by atoms with E-state index in [0.717, 1.165) is 11.1 Å². The van der Waals surface area contributed by atoms with Crippen LogP contribution in [0.25, 0.3) is 0 Å². The van der Waals surface area contributed by atoms with Crippen LogP contribution in [0.2, 0.25) is 0 Å². The van der Waals surface area contributed by atoms with Crippen molar-refractivity contribution >= 4 is 47.8 Å². The Morgan fingerprint density at radius 1 is 0.516 bits per heavy atom. The molecule has 16 nitrogen and oxygen atoms in total. The van der Waals surface area contributed by atoms with Crippen molar-refractivity contribution in [3.8, 4) is 11.5 Å². The topological polar surface area (TPSA) is 210 Å². The van der Waals surface area contributed by atoms with E-state index in [4.69, 9.17) is 37.9 Å². The summed E-state index contributed by atoms with van der Waals surface area (Å²) in [6.07, 6.45) is 0.648. The molecule has 0 aromatic heterocycles. The van der Waals surface area contributed by atoms with Crippen LogP contribution in [0.15, 0.2) is 72.8 Å². The number of carbonyl (C=O) groups excluding carboxylic acids is 8. The van der Waals surface area contributed by atoms with E-state index in [1.807, 2.05) is 0 Å². The molecule has 1 fully saturated rings. The molecule has 0 radical (unpaired) electrons. The van der Waals surface area contributed by atoms with Crippen LogP contribution in [0.5, 0.6) is 11.5 Å². The molecule has 16 heteroatoms. The average molecular weight is 865 g/mol. The molecule has 0 spiro atoms. The summed E-state index contributed by atoms with van der Waals surface area (Å²) in [5.41, 5.74) is 2.14. The first-order valence-corrected chi connectivity index (χ1v) is 20.5. The molecule has 336 valence electrons. The van der Waals surface area contributed by atoms with E-state index in [0.29, 0.717) is 50.0 Å². The zero-order valence-electron chi connectivity index (χ0n) is 35.8. The minimum Gasteiger partial charge on any atom is -0.465 e. The van der Waals surface area contributed by atoms with Crippen molar-refractivity contribution in [2.75, 3.05) is 26.4 Å². The van der Waals surface area contributed by atoms with Crippen LogP contribution in [0.3, 0.4) is 0 Å². The van der Waals surface area contributed by atoms with E-state index in [1.54, 1.807) is 62.4 Å². The third-order valence-corrected chi connectivity index (χ3v) is 9.32. The van der Waals surface area contributed by atoms with Crippen LogP contribution >= 0.6 is 0 Å². The molecule has 3 rings (SSSR count). The minimum atomic E-state index is -0.678. The van der Waals surface area contributed by atoms with Crippen LogP contribution in [0.1, 0.15) is 90.2 Å². The Balaban J connectivity index is 1.26. The first-order chi connectivity index (χ1) is 29.5. The SMILES string of the molecule is C=C(C)C(=O)OCC(C)OC(=O)CCC(=O)OCCc1ccc(OC(=O)C2CCC(C(=O)Oc3ccc(CCOC(=O)CCC(=O)OCC(C)OC(=O)C(=C)C)cc3)CC2)cc1. The Morgan fingerprint density at radius 3 is 1.31 bits per heavy atom. The maximum Gasteiger partial charge on any atom is 0.333 e. The lowest BCUT2D eigenvalue weighted by Crippen LogP contribution is -2.30. The van der Waals surface area contributed by atoms with Crippen LogP contribution in [0.4, 0.5) is 0 Å². The highest BCUT2D eigenvalue weighted by atomic mass is 16.6. The molecule has 0 amide bonds. The lowest BCUT2D eigenvalue weighted by molar-refractivity contribution is -0.158. The Kier molecular flexibility index (Phi) is 21.1. The van der Waals surface area contributed by atoms with Gasteiger partial charge < -0.3 is 37.9 Å².